The number of likely N-dealkylation sites (tertiary alicyclic amines) is 1. The molecule has 0 saturated carbocycles. The molecule has 2 heterocycles. The number of benzene rings is 2. The van der Waals surface area contributed by atoms with Crippen LogP contribution in [0.5, 0.6) is 0 Å². The molecule has 5 heteroatoms. The van der Waals surface area contributed by atoms with E-state index in [2.05, 4.69) is 40.5 Å². The quantitative estimate of drug-likeness (QED) is 0.812. The van der Waals surface area contributed by atoms with Crippen LogP contribution in [0.2, 0.25) is 0 Å². The number of anilines is 3. The highest BCUT2D eigenvalue weighted by Crippen LogP contribution is 2.38. The standard InChI is InChI=1S/C25H31N3O2/c1-25(2,3)24(30)27-15-12-19(13-16-27)23(29)26-20-9-5-7-11-22(20)28-17-14-18-8-4-6-10-21(18)28/h4-11,19H,12-17H2,1-3H3,(H,26,29). The van der Waals surface area contributed by atoms with Gasteiger partial charge in [-0.3, -0.25) is 9.59 Å². The number of hydrogen-bond acceptors (Lipinski definition) is 3. The Morgan fingerprint density at radius 1 is 0.900 bits per heavy atom. The summed E-state index contributed by atoms with van der Waals surface area (Å²) in [6.45, 7) is 8.05. The van der Waals surface area contributed by atoms with Gasteiger partial charge in [0, 0.05) is 36.7 Å². The van der Waals surface area contributed by atoms with Crippen LogP contribution in [-0.2, 0) is 16.0 Å². The maximum atomic E-state index is 13.0. The van der Waals surface area contributed by atoms with E-state index in [4.69, 9.17) is 0 Å². The number of fused-ring (bicyclic) bond motifs is 1. The average molecular weight is 406 g/mol. The van der Waals surface area contributed by atoms with Crippen molar-refractivity contribution in [2.75, 3.05) is 29.9 Å². The molecule has 2 aliphatic heterocycles. The third-order valence-corrected chi connectivity index (χ3v) is 6.13. The van der Waals surface area contributed by atoms with Crippen molar-refractivity contribution in [1.82, 2.24) is 4.90 Å². The van der Waals surface area contributed by atoms with E-state index in [9.17, 15) is 9.59 Å². The molecule has 30 heavy (non-hydrogen) atoms. The molecule has 5 nitrogen and oxygen atoms in total. The summed E-state index contributed by atoms with van der Waals surface area (Å²) in [5.74, 6) is 0.158. The van der Waals surface area contributed by atoms with E-state index < -0.39 is 0 Å². The number of nitrogens with one attached hydrogen (secondary N) is 1. The molecular weight excluding hydrogens is 374 g/mol. The summed E-state index contributed by atoms with van der Waals surface area (Å²) in [6.07, 6.45) is 2.43. The van der Waals surface area contributed by atoms with Gasteiger partial charge in [0.15, 0.2) is 0 Å². The lowest BCUT2D eigenvalue weighted by Crippen LogP contribution is -2.45. The van der Waals surface area contributed by atoms with Crippen LogP contribution in [-0.4, -0.2) is 36.3 Å². The molecule has 0 radical (unpaired) electrons. The highest BCUT2D eigenvalue weighted by Gasteiger charge is 2.32. The molecule has 0 unspecified atom stereocenters. The summed E-state index contributed by atoms with van der Waals surface area (Å²) in [4.78, 5) is 29.7. The Morgan fingerprint density at radius 2 is 1.53 bits per heavy atom. The Labute approximate surface area is 179 Å². The lowest BCUT2D eigenvalue weighted by molar-refractivity contribution is -0.142. The maximum Gasteiger partial charge on any atom is 0.227 e. The van der Waals surface area contributed by atoms with Gasteiger partial charge in [-0.1, -0.05) is 51.1 Å². The Kier molecular flexibility index (Phi) is 5.54. The lowest BCUT2D eigenvalue weighted by atomic mass is 9.90. The smallest absolute Gasteiger partial charge is 0.227 e. The number of amides is 2. The Hall–Kier alpha value is -2.82. The van der Waals surface area contributed by atoms with Crippen molar-refractivity contribution in [2.45, 2.75) is 40.0 Å². The highest BCUT2D eigenvalue weighted by molar-refractivity contribution is 5.97. The first-order chi connectivity index (χ1) is 14.3. The van der Waals surface area contributed by atoms with Gasteiger partial charge in [-0.15, -0.1) is 0 Å². The van der Waals surface area contributed by atoms with E-state index in [1.165, 1.54) is 11.3 Å². The van der Waals surface area contributed by atoms with Gasteiger partial charge in [-0.25, -0.2) is 0 Å². The van der Waals surface area contributed by atoms with E-state index in [1.807, 2.05) is 43.9 Å². The van der Waals surface area contributed by atoms with E-state index in [-0.39, 0.29) is 23.1 Å². The molecule has 158 valence electrons. The monoisotopic (exact) mass is 405 g/mol. The molecule has 2 aromatic carbocycles. The maximum absolute atomic E-state index is 13.0. The summed E-state index contributed by atoms with van der Waals surface area (Å²) in [5.41, 5.74) is 4.08. The molecule has 1 saturated heterocycles. The molecule has 2 amide bonds. The average Bonchev–Trinajstić information content (AvgIpc) is 3.17. The van der Waals surface area contributed by atoms with Gasteiger partial charge in [0.1, 0.15) is 0 Å². The van der Waals surface area contributed by atoms with Crippen LogP contribution in [0.15, 0.2) is 48.5 Å². The summed E-state index contributed by atoms with van der Waals surface area (Å²) in [6, 6.07) is 16.5. The number of carbonyl (C=O) groups is 2. The third kappa shape index (κ3) is 4.07. The minimum absolute atomic E-state index is 0.0535. The second-order valence-corrected chi connectivity index (χ2v) is 9.35. The molecule has 0 spiro atoms. The van der Waals surface area contributed by atoms with Crippen LogP contribution < -0.4 is 10.2 Å². The van der Waals surface area contributed by atoms with E-state index in [0.29, 0.717) is 25.9 Å². The molecule has 0 aliphatic carbocycles. The Morgan fingerprint density at radius 3 is 2.23 bits per heavy atom. The van der Waals surface area contributed by atoms with Gasteiger partial charge < -0.3 is 15.1 Å². The second-order valence-electron chi connectivity index (χ2n) is 9.35. The third-order valence-electron chi connectivity index (χ3n) is 6.13. The fourth-order valence-electron chi connectivity index (χ4n) is 4.46. The number of carbonyl (C=O) groups excluding carboxylic acids is 2. The number of para-hydroxylation sites is 3. The topological polar surface area (TPSA) is 52.7 Å². The van der Waals surface area contributed by atoms with Crippen molar-refractivity contribution < 1.29 is 9.59 Å². The molecule has 0 bridgehead atoms. The first-order valence-corrected chi connectivity index (χ1v) is 10.9. The van der Waals surface area contributed by atoms with Crippen LogP contribution in [0.1, 0.15) is 39.2 Å². The lowest BCUT2D eigenvalue weighted by Gasteiger charge is -2.35. The molecule has 0 atom stereocenters. The fraction of sp³-hybridized carbons (Fsp3) is 0.440. The van der Waals surface area contributed by atoms with E-state index in [0.717, 1.165) is 24.3 Å². The summed E-state index contributed by atoms with van der Waals surface area (Å²) in [7, 11) is 0. The zero-order chi connectivity index (χ0) is 21.3. The summed E-state index contributed by atoms with van der Waals surface area (Å²) in [5, 5.41) is 3.18. The summed E-state index contributed by atoms with van der Waals surface area (Å²) >= 11 is 0. The van der Waals surface area contributed by atoms with Crippen molar-refractivity contribution in [3.05, 3.63) is 54.1 Å². The highest BCUT2D eigenvalue weighted by atomic mass is 16.2. The fourth-order valence-corrected chi connectivity index (χ4v) is 4.46. The van der Waals surface area contributed by atoms with Gasteiger partial charge in [-0.05, 0) is 43.0 Å². The van der Waals surface area contributed by atoms with Crippen LogP contribution >= 0.6 is 0 Å². The normalized spacial score (nSPS) is 17.0. The van der Waals surface area contributed by atoms with Crippen LogP contribution in [0.4, 0.5) is 17.1 Å². The van der Waals surface area contributed by atoms with Crippen LogP contribution in [0, 0.1) is 11.3 Å². The van der Waals surface area contributed by atoms with Crippen molar-refractivity contribution in [3.8, 4) is 0 Å². The Balaban J connectivity index is 1.44. The van der Waals surface area contributed by atoms with Gasteiger partial charge in [0.25, 0.3) is 0 Å². The molecule has 2 aromatic rings. The van der Waals surface area contributed by atoms with Gasteiger partial charge >= 0.3 is 0 Å². The van der Waals surface area contributed by atoms with Crippen molar-refractivity contribution >= 4 is 28.9 Å². The zero-order valence-electron chi connectivity index (χ0n) is 18.1. The largest absolute Gasteiger partial charge is 0.342 e. The number of rotatable bonds is 3. The molecule has 1 N–H and O–H groups in total. The Bertz CT molecular complexity index is 939. The minimum atomic E-state index is -0.375. The predicted octanol–water partition coefficient (Wildman–Crippen LogP) is 4.60. The van der Waals surface area contributed by atoms with Crippen molar-refractivity contribution in [3.63, 3.8) is 0 Å². The molecular formula is C25H31N3O2. The van der Waals surface area contributed by atoms with Crippen LogP contribution in [0.3, 0.4) is 0 Å². The van der Waals surface area contributed by atoms with Crippen molar-refractivity contribution in [1.29, 1.82) is 0 Å². The van der Waals surface area contributed by atoms with Gasteiger partial charge in [-0.2, -0.15) is 0 Å². The number of piperidine rings is 1. The van der Waals surface area contributed by atoms with E-state index in [1.54, 1.807) is 0 Å². The molecule has 1 fully saturated rings. The summed E-state index contributed by atoms with van der Waals surface area (Å²) < 4.78 is 0. The molecule has 0 aromatic heterocycles. The van der Waals surface area contributed by atoms with Crippen molar-refractivity contribution in [2.24, 2.45) is 11.3 Å². The zero-order valence-corrected chi connectivity index (χ0v) is 18.1. The number of hydrogen-bond donors (Lipinski definition) is 1. The first-order valence-electron chi connectivity index (χ1n) is 10.9. The predicted molar refractivity (Wildman–Crippen MR) is 121 cm³/mol. The molecule has 2 aliphatic rings. The molecule has 4 rings (SSSR count). The van der Waals surface area contributed by atoms with Gasteiger partial charge in [0.05, 0.1) is 11.4 Å². The number of nitrogens with zero attached hydrogens (tertiary/aromatic N) is 2. The van der Waals surface area contributed by atoms with E-state index >= 15 is 0 Å². The van der Waals surface area contributed by atoms with Gasteiger partial charge in [0.2, 0.25) is 11.8 Å². The first kappa shape index (κ1) is 20.5. The minimum Gasteiger partial charge on any atom is -0.342 e. The SMILES string of the molecule is CC(C)(C)C(=O)N1CCC(C(=O)Nc2ccccc2N2CCc3ccccc32)CC1. The van der Waals surface area contributed by atoms with Crippen LogP contribution in [0.25, 0.3) is 0 Å². The second kappa shape index (κ2) is 8.13.